The molecule has 0 spiro atoms. The molecule has 0 radical (unpaired) electrons. The number of ether oxygens (including phenoxy) is 2. The number of para-hydroxylation sites is 1. The molecule has 2 aromatic rings. The van der Waals surface area contributed by atoms with Gasteiger partial charge in [0.25, 0.3) is 0 Å². The summed E-state index contributed by atoms with van der Waals surface area (Å²) in [5.41, 5.74) is 1.36. The Morgan fingerprint density at radius 3 is 2.24 bits per heavy atom. The van der Waals surface area contributed by atoms with E-state index in [4.69, 9.17) is 21.1 Å². The van der Waals surface area contributed by atoms with Crippen molar-refractivity contribution in [3.05, 3.63) is 53.1 Å². The molecule has 10 heteroatoms. The van der Waals surface area contributed by atoms with Crippen molar-refractivity contribution in [2.45, 2.75) is 19.4 Å². The summed E-state index contributed by atoms with van der Waals surface area (Å²) in [6.45, 7) is 2.83. The number of halogens is 1. The monoisotopic (exact) mass is 488 g/mol. The highest BCUT2D eigenvalue weighted by atomic mass is 35.5. The van der Waals surface area contributed by atoms with E-state index in [2.05, 4.69) is 10.6 Å². The van der Waals surface area contributed by atoms with Crippen LogP contribution in [0.4, 0.5) is 10.5 Å². The molecule has 1 fully saturated rings. The molecule has 1 saturated heterocycles. The van der Waals surface area contributed by atoms with Crippen LogP contribution in [-0.2, 0) is 16.0 Å². The quantitative estimate of drug-likeness (QED) is 0.624. The van der Waals surface area contributed by atoms with E-state index in [9.17, 15) is 14.4 Å². The highest BCUT2D eigenvalue weighted by Gasteiger charge is 2.30. The van der Waals surface area contributed by atoms with Crippen LogP contribution in [-0.4, -0.2) is 74.1 Å². The SMILES string of the molecule is COc1ccc(CC(NC(C)=O)C(=O)N2CCN(C(=O)Nc3ccccc3Cl)CC2)cc1OC. The minimum Gasteiger partial charge on any atom is -0.493 e. The van der Waals surface area contributed by atoms with E-state index in [1.54, 1.807) is 60.4 Å². The molecule has 34 heavy (non-hydrogen) atoms. The molecule has 2 aromatic carbocycles. The van der Waals surface area contributed by atoms with Crippen LogP contribution in [0, 0.1) is 0 Å². The van der Waals surface area contributed by atoms with E-state index in [0.717, 1.165) is 5.56 Å². The first kappa shape index (κ1) is 25.2. The Hall–Kier alpha value is -3.46. The second-order valence-electron chi connectivity index (χ2n) is 7.87. The Labute approximate surface area is 203 Å². The van der Waals surface area contributed by atoms with Crippen molar-refractivity contribution in [1.29, 1.82) is 0 Å². The maximum atomic E-state index is 13.2. The average Bonchev–Trinajstić information content (AvgIpc) is 2.84. The maximum Gasteiger partial charge on any atom is 0.322 e. The smallest absolute Gasteiger partial charge is 0.322 e. The summed E-state index contributed by atoms with van der Waals surface area (Å²) in [5, 5.41) is 6.01. The minimum atomic E-state index is -0.737. The Balaban J connectivity index is 1.63. The van der Waals surface area contributed by atoms with Gasteiger partial charge in [0.15, 0.2) is 11.5 Å². The summed E-state index contributed by atoms with van der Waals surface area (Å²) >= 11 is 6.12. The van der Waals surface area contributed by atoms with Gasteiger partial charge in [-0.15, -0.1) is 0 Å². The van der Waals surface area contributed by atoms with E-state index in [-0.39, 0.29) is 17.8 Å². The number of carbonyl (C=O) groups is 3. The van der Waals surface area contributed by atoms with Gasteiger partial charge in [-0.05, 0) is 29.8 Å². The molecular weight excluding hydrogens is 460 g/mol. The lowest BCUT2D eigenvalue weighted by Gasteiger charge is -2.36. The summed E-state index contributed by atoms with van der Waals surface area (Å²) < 4.78 is 10.6. The lowest BCUT2D eigenvalue weighted by Crippen LogP contribution is -2.56. The van der Waals surface area contributed by atoms with Crippen LogP contribution in [0.15, 0.2) is 42.5 Å². The molecule has 1 unspecified atom stereocenters. The number of amides is 4. The van der Waals surface area contributed by atoms with Gasteiger partial charge in [0, 0.05) is 39.5 Å². The normalized spacial score (nSPS) is 14.2. The van der Waals surface area contributed by atoms with Crippen LogP contribution in [0.5, 0.6) is 11.5 Å². The molecule has 3 rings (SSSR count). The molecule has 0 bridgehead atoms. The first-order chi connectivity index (χ1) is 16.3. The first-order valence-corrected chi connectivity index (χ1v) is 11.3. The lowest BCUT2D eigenvalue weighted by atomic mass is 10.0. The van der Waals surface area contributed by atoms with Crippen LogP contribution < -0.4 is 20.1 Å². The molecule has 0 aliphatic carbocycles. The third kappa shape index (κ3) is 6.32. The van der Waals surface area contributed by atoms with E-state index < -0.39 is 6.04 Å². The highest BCUT2D eigenvalue weighted by molar-refractivity contribution is 6.33. The van der Waals surface area contributed by atoms with E-state index in [0.29, 0.717) is 54.8 Å². The van der Waals surface area contributed by atoms with Crippen molar-refractivity contribution in [2.75, 3.05) is 45.7 Å². The zero-order chi connectivity index (χ0) is 24.7. The number of urea groups is 1. The molecule has 1 aliphatic heterocycles. The van der Waals surface area contributed by atoms with Gasteiger partial charge in [-0.25, -0.2) is 4.79 Å². The van der Waals surface area contributed by atoms with E-state index in [1.165, 1.54) is 6.92 Å². The van der Waals surface area contributed by atoms with Crippen LogP contribution in [0.25, 0.3) is 0 Å². The van der Waals surface area contributed by atoms with Crippen LogP contribution >= 0.6 is 11.6 Å². The Bertz CT molecular complexity index is 1040. The number of hydrogen-bond donors (Lipinski definition) is 2. The van der Waals surface area contributed by atoms with Crippen molar-refractivity contribution < 1.29 is 23.9 Å². The fraction of sp³-hybridized carbons (Fsp3) is 0.375. The Morgan fingerprint density at radius 1 is 0.971 bits per heavy atom. The molecule has 4 amide bonds. The number of rotatable bonds is 7. The number of nitrogens with one attached hydrogen (secondary N) is 2. The second kappa shape index (κ2) is 11.6. The number of benzene rings is 2. The van der Waals surface area contributed by atoms with Crippen molar-refractivity contribution in [1.82, 2.24) is 15.1 Å². The van der Waals surface area contributed by atoms with Gasteiger partial charge in [0.2, 0.25) is 11.8 Å². The fourth-order valence-electron chi connectivity index (χ4n) is 3.80. The number of hydrogen-bond acceptors (Lipinski definition) is 5. The molecule has 2 N–H and O–H groups in total. The summed E-state index contributed by atoms with van der Waals surface area (Å²) in [4.78, 5) is 40.9. The molecule has 1 heterocycles. The Morgan fingerprint density at radius 2 is 1.62 bits per heavy atom. The van der Waals surface area contributed by atoms with Crippen molar-refractivity contribution in [3.8, 4) is 11.5 Å². The third-order valence-corrected chi connectivity index (χ3v) is 5.89. The summed E-state index contributed by atoms with van der Waals surface area (Å²) in [5.74, 6) is 0.639. The van der Waals surface area contributed by atoms with Gasteiger partial charge >= 0.3 is 6.03 Å². The zero-order valence-corrected chi connectivity index (χ0v) is 20.2. The molecule has 182 valence electrons. The molecule has 1 aliphatic rings. The number of anilines is 1. The van der Waals surface area contributed by atoms with Crippen molar-refractivity contribution in [2.24, 2.45) is 0 Å². The number of carbonyl (C=O) groups excluding carboxylic acids is 3. The van der Waals surface area contributed by atoms with Gasteiger partial charge in [-0.3, -0.25) is 9.59 Å². The van der Waals surface area contributed by atoms with Gasteiger partial charge in [0.1, 0.15) is 6.04 Å². The summed E-state index contributed by atoms with van der Waals surface area (Å²) in [6, 6.07) is 11.4. The first-order valence-electron chi connectivity index (χ1n) is 10.9. The van der Waals surface area contributed by atoms with Gasteiger partial charge in [0.05, 0.1) is 24.9 Å². The number of piperazine rings is 1. The topological polar surface area (TPSA) is 100 Å². The molecular formula is C24H29ClN4O5. The molecule has 0 saturated carbocycles. The zero-order valence-electron chi connectivity index (χ0n) is 19.5. The van der Waals surface area contributed by atoms with Crippen LogP contribution in [0.3, 0.4) is 0 Å². The van der Waals surface area contributed by atoms with E-state index >= 15 is 0 Å². The molecule has 9 nitrogen and oxygen atoms in total. The second-order valence-corrected chi connectivity index (χ2v) is 8.28. The van der Waals surface area contributed by atoms with Gasteiger partial charge in [-0.1, -0.05) is 29.8 Å². The fourth-order valence-corrected chi connectivity index (χ4v) is 3.98. The van der Waals surface area contributed by atoms with Crippen molar-refractivity contribution >= 4 is 35.1 Å². The number of methoxy groups -OCH3 is 2. The summed E-state index contributed by atoms with van der Waals surface area (Å²) in [7, 11) is 3.09. The average molecular weight is 489 g/mol. The molecule has 0 aromatic heterocycles. The predicted octanol–water partition coefficient (Wildman–Crippen LogP) is 2.78. The van der Waals surface area contributed by atoms with Gasteiger partial charge < -0.3 is 29.9 Å². The summed E-state index contributed by atoms with van der Waals surface area (Å²) in [6.07, 6.45) is 0.298. The third-order valence-electron chi connectivity index (χ3n) is 5.56. The largest absolute Gasteiger partial charge is 0.493 e. The van der Waals surface area contributed by atoms with Crippen LogP contribution in [0.1, 0.15) is 12.5 Å². The number of nitrogens with zero attached hydrogens (tertiary/aromatic N) is 2. The maximum absolute atomic E-state index is 13.2. The standard InChI is InChI=1S/C24H29ClN4O5/c1-16(30)26-20(14-17-8-9-21(33-2)22(15-17)34-3)23(31)28-10-12-29(13-11-28)24(32)27-19-7-5-4-6-18(19)25/h4-9,15,20H,10-14H2,1-3H3,(H,26,30)(H,27,32). The van der Waals surface area contributed by atoms with Gasteiger partial charge in [-0.2, -0.15) is 0 Å². The lowest BCUT2D eigenvalue weighted by molar-refractivity contribution is -0.137. The minimum absolute atomic E-state index is 0.198. The van der Waals surface area contributed by atoms with Crippen molar-refractivity contribution in [3.63, 3.8) is 0 Å². The Kier molecular flexibility index (Phi) is 8.59. The highest BCUT2D eigenvalue weighted by Crippen LogP contribution is 2.28. The van der Waals surface area contributed by atoms with Crippen LogP contribution in [0.2, 0.25) is 5.02 Å². The van der Waals surface area contributed by atoms with E-state index in [1.807, 2.05) is 6.07 Å². The molecule has 1 atom stereocenters. The predicted molar refractivity (Wildman–Crippen MR) is 129 cm³/mol.